The number of aliphatic carboxylic acids is 1. The Balaban J connectivity index is 1.67. The molecule has 5 heteroatoms. The Morgan fingerprint density at radius 3 is 2.42 bits per heavy atom. The molecular weight excluding hydrogens is 328 g/mol. The quantitative estimate of drug-likeness (QED) is 0.818. The molecule has 2 unspecified atom stereocenters. The lowest BCUT2D eigenvalue weighted by Gasteiger charge is -2.34. The molecule has 2 atom stereocenters. The first-order chi connectivity index (χ1) is 12.6. The molecule has 26 heavy (non-hydrogen) atoms. The number of hydrogen-bond donors (Lipinski definition) is 2. The highest BCUT2D eigenvalue weighted by Gasteiger charge is 2.31. The average molecular weight is 358 g/mol. The van der Waals surface area contributed by atoms with Crippen LogP contribution in [0.3, 0.4) is 0 Å². The van der Waals surface area contributed by atoms with E-state index < -0.39 is 12.0 Å². The minimum absolute atomic E-state index is 0.0251. The van der Waals surface area contributed by atoms with Crippen LogP contribution in [0.25, 0.3) is 0 Å². The van der Waals surface area contributed by atoms with Gasteiger partial charge in [0.25, 0.3) is 0 Å². The van der Waals surface area contributed by atoms with Gasteiger partial charge in [-0.3, -0.25) is 14.5 Å². The van der Waals surface area contributed by atoms with Crippen molar-refractivity contribution >= 4 is 11.9 Å². The van der Waals surface area contributed by atoms with Crippen LogP contribution in [0.1, 0.15) is 63.0 Å². The summed E-state index contributed by atoms with van der Waals surface area (Å²) < 4.78 is 0. The second kappa shape index (κ2) is 9.17. The maximum absolute atomic E-state index is 12.8. The molecule has 2 N–H and O–H groups in total. The molecule has 1 amide bonds. The molecule has 1 aromatic rings. The minimum Gasteiger partial charge on any atom is -0.480 e. The Kier molecular flexibility index (Phi) is 6.67. The predicted octanol–water partition coefficient (Wildman–Crippen LogP) is 3.36. The number of piperidine rings is 1. The van der Waals surface area contributed by atoms with E-state index in [1.54, 1.807) is 0 Å². The molecule has 2 aliphatic rings. The summed E-state index contributed by atoms with van der Waals surface area (Å²) in [5, 5.41) is 12.6. The number of carboxylic acids is 1. The third-order valence-electron chi connectivity index (χ3n) is 5.84. The van der Waals surface area contributed by atoms with Crippen LogP contribution in [-0.4, -0.2) is 41.0 Å². The summed E-state index contributed by atoms with van der Waals surface area (Å²) in [7, 11) is 0. The number of carboxylic acid groups (broad SMARTS) is 1. The lowest BCUT2D eigenvalue weighted by molar-refractivity contribution is -0.145. The van der Waals surface area contributed by atoms with Crippen molar-refractivity contribution in [1.29, 1.82) is 0 Å². The van der Waals surface area contributed by atoms with Crippen molar-refractivity contribution < 1.29 is 14.7 Å². The minimum atomic E-state index is -0.815. The van der Waals surface area contributed by atoms with Crippen molar-refractivity contribution in [2.24, 2.45) is 5.92 Å². The van der Waals surface area contributed by atoms with Crippen LogP contribution in [0.15, 0.2) is 30.3 Å². The predicted molar refractivity (Wildman–Crippen MR) is 101 cm³/mol. The molecule has 142 valence electrons. The summed E-state index contributed by atoms with van der Waals surface area (Å²) in [5.74, 6) is -0.409. The highest BCUT2D eigenvalue weighted by molar-refractivity contribution is 5.80. The van der Waals surface area contributed by atoms with Gasteiger partial charge in [-0.25, -0.2) is 0 Å². The summed E-state index contributed by atoms with van der Waals surface area (Å²) in [6.45, 7) is 0.858. The third-order valence-corrected chi connectivity index (χ3v) is 5.84. The van der Waals surface area contributed by atoms with Crippen LogP contribution in [0.2, 0.25) is 0 Å². The van der Waals surface area contributed by atoms with E-state index in [9.17, 15) is 14.7 Å². The smallest absolute Gasteiger partial charge is 0.320 e. The molecule has 0 spiro atoms. The molecule has 1 aliphatic heterocycles. The first-order valence-electron chi connectivity index (χ1n) is 9.96. The van der Waals surface area contributed by atoms with Crippen LogP contribution in [0, 0.1) is 5.92 Å². The zero-order valence-corrected chi connectivity index (χ0v) is 15.4. The third kappa shape index (κ3) is 4.85. The van der Waals surface area contributed by atoms with Crippen molar-refractivity contribution in [3.63, 3.8) is 0 Å². The Bertz CT molecular complexity index is 599. The lowest BCUT2D eigenvalue weighted by Crippen LogP contribution is -2.49. The molecule has 0 radical (unpaired) electrons. The van der Waals surface area contributed by atoms with Crippen molar-refractivity contribution in [3.05, 3.63) is 35.9 Å². The van der Waals surface area contributed by atoms with Crippen LogP contribution in [0.5, 0.6) is 0 Å². The molecule has 2 fully saturated rings. The summed E-state index contributed by atoms with van der Waals surface area (Å²) in [4.78, 5) is 26.0. The summed E-state index contributed by atoms with van der Waals surface area (Å²) in [5.41, 5.74) is 1.15. The first kappa shape index (κ1) is 18.9. The van der Waals surface area contributed by atoms with Crippen LogP contribution < -0.4 is 5.32 Å². The standard InChI is InChI=1S/C21H30N2O3/c24-19(15-23-14-8-7-13-18(23)21(25)26)22-20(16-9-3-1-4-10-16)17-11-5-2-6-12-17/h1,3-4,9-10,17-18,20H,2,5-8,11-15H2,(H,22,24)(H,25,26). The summed E-state index contributed by atoms with van der Waals surface area (Å²) >= 11 is 0. The molecule has 1 saturated heterocycles. The van der Waals surface area contributed by atoms with E-state index in [0.29, 0.717) is 18.9 Å². The Labute approximate surface area is 155 Å². The van der Waals surface area contributed by atoms with Gasteiger partial charge in [0, 0.05) is 0 Å². The Hall–Kier alpha value is -1.88. The summed E-state index contributed by atoms with van der Waals surface area (Å²) in [6.07, 6.45) is 8.51. The second-order valence-corrected chi connectivity index (χ2v) is 7.67. The van der Waals surface area contributed by atoms with Crippen LogP contribution in [-0.2, 0) is 9.59 Å². The zero-order valence-electron chi connectivity index (χ0n) is 15.4. The molecule has 1 aliphatic carbocycles. The van der Waals surface area contributed by atoms with Gasteiger partial charge in [0.2, 0.25) is 5.91 Å². The molecule has 5 nitrogen and oxygen atoms in total. The van der Waals surface area contributed by atoms with Crippen molar-refractivity contribution in [3.8, 4) is 0 Å². The molecule has 1 saturated carbocycles. The first-order valence-corrected chi connectivity index (χ1v) is 9.96. The Morgan fingerprint density at radius 2 is 1.73 bits per heavy atom. The molecule has 0 aromatic heterocycles. The molecule has 3 rings (SSSR count). The fourth-order valence-corrected chi connectivity index (χ4v) is 4.46. The van der Waals surface area contributed by atoms with Gasteiger partial charge in [-0.15, -0.1) is 0 Å². The van der Waals surface area contributed by atoms with E-state index in [0.717, 1.165) is 31.2 Å². The fraction of sp³-hybridized carbons (Fsp3) is 0.619. The van der Waals surface area contributed by atoms with Gasteiger partial charge in [0.1, 0.15) is 6.04 Å². The van der Waals surface area contributed by atoms with Gasteiger partial charge in [-0.05, 0) is 43.7 Å². The highest BCUT2D eigenvalue weighted by Crippen LogP contribution is 2.34. The van der Waals surface area contributed by atoms with Crippen LogP contribution >= 0.6 is 0 Å². The van der Waals surface area contributed by atoms with Crippen molar-refractivity contribution in [2.75, 3.05) is 13.1 Å². The fourth-order valence-electron chi connectivity index (χ4n) is 4.46. The number of rotatable bonds is 6. The number of hydrogen-bond acceptors (Lipinski definition) is 3. The summed E-state index contributed by atoms with van der Waals surface area (Å²) in [6, 6.07) is 9.69. The molecule has 1 aromatic carbocycles. The number of nitrogens with zero attached hydrogens (tertiary/aromatic N) is 1. The zero-order chi connectivity index (χ0) is 18.4. The maximum Gasteiger partial charge on any atom is 0.320 e. The highest BCUT2D eigenvalue weighted by atomic mass is 16.4. The molecule has 1 heterocycles. The van der Waals surface area contributed by atoms with E-state index in [4.69, 9.17) is 0 Å². The van der Waals surface area contributed by atoms with Crippen molar-refractivity contribution in [2.45, 2.75) is 63.5 Å². The average Bonchev–Trinajstić information content (AvgIpc) is 2.68. The van der Waals surface area contributed by atoms with Gasteiger partial charge in [-0.1, -0.05) is 56.0 Å². The number of carbonyl (C=O) groups is 2. The number of benzene rings is 1. The number of carbonyl (C=O) groups excluding carboxylic acids is 1. The normalized spacial score (nSPS) is 23.3. The second-order valence-electron chi connectivity index (χ2n) is 7.67. The van der Waals surface area contributed by atoms with Gasteiger partial charge < -0.3 is 10.4 Å². The van der Waals surface area contributed by atoms with Gasteiger partial charge in [0.05, 0.1) is 12.6 Å². The van der Waals surface area contributed by atoms with E-state index in [-0.39, 0.29) is 18.5 Å². The topological polar surface area (TPSA) is 69.6 Å². The lowest BCUT2D eigenvalue weighted by atomic mass is 9.81. The number of nitrogens with one attached hydrogen (secondary N) is 1. The van der Waals surface area contributed by atoms with E-state index in [1.807, 2.05) is 23.1 Å². The van der Waals surface area contributed by atoms with Gasteiger partial charge >= 0.3 is 5.97 Å². The number of likely N-dealkylation sites (tertiary alicyclic amines) is 1. The number of amides is 1. The van der Waals surface area contributed by atoms with E-state index >= 15 is 0 Å². The maximum atomic E-state index is 12.8. The van der Waals surface area contributed by atoms with E-state index in [2.05, 4.69) is 17.4 Å². The van der Waals surface area contributed by atoms with Gasteiger partial charge in [-0.2, -0.15) is 0 Å². The molecular formula is C21H30N2O3. The molecule has 0 bridgehead atoms. The monoisotopic (exact) mass is 358 g/mol. The van der Waals surface area contributed by atoms with Crippen LogP contribution in [0.4, 0.5) is 0 Å². The van der Waals surface area contributed by atoms with Crippen molar-refractivity contribution in [1.82, 2.24) is 10.2 Å². The Morgan fingerprint density at radius 1 is 1.04 bits per heavy atom. The largest absolute Gasteiger partial charge is 0.480 e. The van der Waals surface area contributed by atoms with E-state index in [1.165, 1.54) is 19.3 Å². The SMILES string of the molecule is O=C(CN1CCCCC1C(=O)O)NC(c1ccccc1)C1CCCCC1. The van der Waals surface area contributed by atoms with Gasteiger partial charge in [0.15, 0.2) is 0 Å².